The number of hydrogen-bond donors (Lipinski definition) is 1. The van der Waals surface area contributed by atoms with Gasteiger partial charge >= 0.3 is 6.01 Å². The van der Waals surface area contributed by atoms with Gasteiger partial charge in [0, 0.05) is 31.6 Å². The summed E-state index contributed by atoms with van der Waals surface area (Å²) in [5, 5.41) is 3.63. The van der Waals surface area contributed by atoms with Crippen LogP contribution in [0, 0.1) is 5.92 Å². The maximum absolute atomic E-state index is 12.3. The molecule has 3 aromatic rings. The summed E-state index contributed by atoms with van der Waals surface area (Å²) in [6, 6.07) is 9.69. The highest BCUT2D eigenvalue weighted by Gasteiger charge is 2.37. The maximum Gasteiger partial charge on any atom is 0.302 e. The molecular weight excluding hydrogens is 360 g/mol. The van der Waals surface area contributed by atoms with E-state index in [-0.39, 0.29) is 35.5 Å². The van der Waals surface area contributed by atoms with Crippen molar-refractivity contribution in [3.05, 3.63) is 48.5 Å². The third-order valence-electron chi connectivity index (χ3n) is 4.71. The molecule has 0 bridgehead atoms. The van der Waals surface area contributed by atoms with Gasteiger partial charge in [0.05, 0.1) is 0 Å². The van der Waals surface area contributed by atoms with Crippen molar-refractivity contribution in [2.75, 3.05) is 19.4 Å². The molecule has 1 aromatic carbocycles. The van der Waals surface area contributed by atoms with Crippen molar-refractivity contribution in [3.8, 4) is 5.75 Å². The maximum atomic E-state index is 12.3. The van der Waals surface area contributed by atoms with Crippen molar-refractivity contribution >= 4 is 28.7 Å². The minimum Gasteiger partial charge on any atom is -0.488 e. The fourth-order valence-corrected chi connectivity index (χ4v) is 3.09. The molecule has 2 amide bonds. The van der Waals surface area contributed by atoms with Gasteiger partial charge in [0.2, 0.25) is 5.91 Å². The van der Waals surface area contributed by atoms with Crippen LogP contribution in [0.1, 0.15) is 23.3 Å². The zero-order valence-corrected chi connectivity index (χ0v) is 15.6. The Bertz CT molecular complexity index is 1020. The predicted molar refractivity (Wildman–Crippen MR) is 102 cm³/mol. The van der Waals surface area contributed by atoms with E-state index in [0.29, 0.717) is 12.8 Å². The number of hydrogen-bond acceptors (Lipinski definition) is 6. The molecule has 28 heavy (non-hydrogen) atoms. The van der Waals surface area contributed by atoms with Crippen molar-refractivity contribution < 1.29 is 18.7 Å². The molecule has 144 valence electrons. The number of rotatable bonds is 5. The average molecular weight is 380 g/mol. The minimum absolute atomic E-state index is 0.0258. The Morgan fingerprint density at radius 1 is 1.21 bits per heavy atom. The summed E-state index contributed by atoms with van der Waals surface area (Å²) in [4.78, 5) is 33.9. The van der Waals surface area contributed by atoms with Gasteiger partial charge in [-0.1, -0.05) is 18.2 Å². The van der Waals surface area contributed by atoms with Gasteiger partial charge in [0.1, 0.15) is 23.6 Å². The molecule has 0 saturated heterocycles. The van der Waals surface area contributed by atoms with Gasteiger partial charge in [-0.3, -0.25) is 19.9 Å². The first kappa shape index (κ1) is 18.0. The Morgan fingerprint density at radius 2 is 2.00 bits per heavy atom. The molecule has 2 aromatic heterocycles. The highest BCUT2D eigenvalue weighted by atomic mass is 16.5. The van der Waals surface area contributed by atoms with Gasteiger partial charge in [-0.15, -0.1) is 0 Å². The minimum atomic E-state index is -0.287. The standard InChI is InChI=1S/C20H20N4O4/c1-24(2)19(26)15-11-27-20(22-15)23-18(25)13-9-14(10-13)28-16-7-3-5-12-6-4-8-21-17(12)16/h3-8,11,13-14H,9-10H2,1-2H3,(H,22,23,25)/t13-,14-. The van der Waals surface area contributed by atoms with Crippen LogP contribution in [0.25, 0.3) is 10.9 Å². The highest BCUT2D eigenvalue weighted by Crippen LogP contribution is 2.34. The smallest absolute Gasteiger partial charge is 0.302 e. The van der Waals surface area contributed by atoms with Gasteiger partial charge in [-0.05, 0) is 25.0 Å². The number of para-hydroxylation sites is 1. The Balaban J connectivity index is 1.32. The normalized spacial score (nSPS) is 18.4. The Kier molecular flexibility index (Phi) is 4.68. The van der Waals surface area contributed by atoms with Crippen LogP contribution in [0.2, 0.25) is 0 Å². The fraction of sp³-hybridized carbons (Fsp3) is 0.300. The van der Waals surface area contributed by atoms with Crippen molar-refractivity contribution in [2.24, 2.45) is 5.92 Å². The van der Waals surface area contributed by atoms with Gasteiger partial charge < -0.3 is 14.1 Å². The summed E-state index contributed by atoms with van der Waals surface area (Å²) in [6.07, 6.45) is 4.12. The van der Waals surface area contributed by atoms with Gasteiger partial charge in [0.25, 0.3) is 5.91 Å². The molecule has 4 rings (SSSR count). The molecule has 1 aliphatic carbocycles. The number of nitrogens with zero attached hydrogens (tertiary/aromatic N) is 3. The molecule has 1 saturated carbocycles. The van der Waals surface area contributed by atoms with Crippen LogP contribution in [0.5, 0.6) is 5.75 Å². The van der Waals surface area contributed by atoms with Gasteiger partial charge in [0.15, 0.2) is 5.69 Å². The third-order valence-corrected chi connectivity index (χ3v) is 4.71. The number of carbonyl (C=O) groups excluding carboxylic acids is 2. The summed E-state index contributed by atoms with van der Waals surface area (Å²) in [6.45, 7) is 0. The first-order chi connectivity index (χ1) is 13.5. The first-order valence-electron chi connectivity index (χ1n) is 8.99. The lowest BCUT2D eigenvalue weighted by Gasteiger charge is -2.34. The van der Waals surface area contributed by atoms with Crippen LogP contribution >= 0.6 is 0 Å². The lowest BCUT2D eigenvalue weighted by atomic mass is 9.81. The lowest BCUT2D eigenvalue weighted by molar-refractivity contribution is -0.125. The summed E-state index contributed by atoms with van der Waals surface area (Å²) >= 11 is 0. The molecule has 2 heterocycles. The largest absolute Gasteiger partial charge is 0.488 e. The molecule has 8 nitrogen and oxygen atoms in total. The summed E-state index contributed by atoms with van der Waals surface area (Å²) in [5.41, 5.74) is 0.967. The van der Waals surface area contributed by atoms with Crippen molar-refractivity contribution in [1.29, 1.82) is 0 Å². The number of carbonyl (C=O) groups is 2. The van der Waals surface area contributed by atoms with Crippen molar-refractivity contribution in [3.63, 3.8) is 0 Å². The molecule has 0 spiro atoms. The van der Waals surface area contributed by atoms with Crippen LogP contribution in [0.15, 0.2) is 47.2 Å². The van der Waals surface area contributed by atoms with Crippen LogP contribution in [-0.2, 0) is 4.79 Å². The van der Waals surface area contributed by atoms with Gasteiger partial charge in [-0.25, -0.2) is 0 Å². The molecule has 0 unspecified atom stereocenters. The molecular formula is C20H20N4O4. The molecule has 0 radical (unpaired) electrons. The number of fused-ring (bicyclic) bond motifs is 1. The predicted octanol–water partition coefficient (Wildman–Crippen LogP) is 2.72. The first-order valence-corrected chi connectivity index (χ1v) is 8.99. The van der Waals surface area contributed by atoms with Gasteiger partial charge in [-0.2, -0.15) is 4.98 Å². The summed E-state index contributed by atoms with van der Waals surface area (Å²) in [7, 11) is 3.24. The van der Waals surface area contributed by atoms with E-state index in [2.05, 4.69) is 15.3 Å². The molecule has 0 atom stereocenters. The fourth-order valence-electron chi connectivity index (χ4n) is 3.09. The van der Waals surface area contributed by atoms with E-state index in [4.69, 9.17) is 9.15 Å². The number of amides is 2. The van der Waals surface area contributed by atoms with E-state index in [1.54, 1.807) is 20.3 Å². The van der Waals surface area contributed by atoms with E-state index < -0.39 is 0 Å². The number of nitrogens with one attached hydrogen (secondary N) is 1. The van der Waals surface area contributed by atoms with Crippen LogP contribution in [-0.4, -0.2) is 46.9 Å². The van der Waals surface area contributed by atoms with Crippen LogP contribution in [0.4, 0.5) is 6.01 Å². The second kappa shape index (κ2) is 7.30. The number of oxazole rings is 1. The topological polar surface area (TPSA) is 97.6 Å². The second-order valence-electron chi connectivity index (χ2n) is 6.97. The molecule has 1 fully saturated rings. The lowest BCUT2D eigenvalue weighted by Crippen LogP contribution is -2.40. The SMILES string of the molecule is CN(C)C(=O)c1coc(NC(=O)[C@H]2C[C@H](Oc3cccc4cccnc34)C2)n1. The monoisotopic (exact) mass is 380 g/mol. The zero-order chi connectivity index (χ0) is 19.7. The summed E-state index contributed by atoms with van der Waals surface area (Å²) < 4.78 is 11.2. The average Bonchev–Trinajstić information content (AvgIpc) is 3.11. The van der Waals surface area contributed by atoms with E-state index in [0.717, 1.165) is 16.7 Å². The highest BCUT2D eigenvalue weighted by molar-refractivity contribution is 5.94. The molecule has 1 N–H and O–H groups in total. The molecule has 8 heteroatoms. The van der Waals surface area contributed by atoms with Crippen molar-refractivity contribution in [1.82, 2.24) is 14.9 Å². The Morgan fingerprint density at radius 3 is 2.79 bits per heavy atom. The third kappa shape index (κ3) is 3.53. The molecule has 0 aliphatic heterocycles. The quantitative estimate of drug-likeness (QED) is 0.731. The van der Waals surface area contributed by atoms with E-state index in [9.17, 15) is 9.59 Å². The number of benzene rings is 1. The second-order valence-corrected chi connectivity index (χ2v) is 6.97. The van der Waals surface area contributed by atoms with Crippen LogP contribution in [0.3, 0.4) is 0 Å². The number of anilines is 1. The zero-order valence-electron chi connectivity index (χ0n) is 15.6. The Hall–Kier alpha value is -3.42. The van der Waals surface area contributed by atoms with E-state index >= 15 is 0 Å². The number of aromatic nitrogens is 2. The number of pyridine rings is 1. The van der Waals surface area contributed by atoms with Crippen molar-refractivity contribution in [2.45, 2.75) is 18.9 Å². The summed E-state index contributed by atoms with van der Waals surface area (Å²) in [5.74, 6) is 0.0565. The molecule has 1 aliphatic rings. The number of ether oxygens (including phenoxy) is 1. The van der Waals surface area contributed by atoms with E-state index in [1.165, 1.54) is 11.2 Å². The van der Waals surface area contributed by atoms with Crippen LogP contribution < -0.4 is 10.1 Å². The van der Waals surface area contributed by atoms with E-state index in [1.807, 2.05) is 30.3 Å². The Labute approximate surface area is 161 Å².